The van der Waals surface area contributed by atoms with Gasteiger partial charge in [0.1, 0.15) is 5.82 Å². The fraction of sp³-hybridized carbons (Fsp3) is 0.273. The average molecular weight is 410 g/mol. The number of aryl methyl sites for hydroxylation is 2. The summed E-state index contributed by atoms with van der Waals surface area (Å²) in [6.07, 6.45) is 0. The van der Waals surface area contributed by atoms with E-state index in [2.05, 4.69) is 5.32 Å². The molecule has 0 unspecified atom stereocenters. The number of rotatable bonds is 4. The highest BCUT2D eigenvalue weighted by molar-refractivity contribution is 8.00. The molecule has 1 amide bonds. The molecule has 0 aliphatic carbocycles. The molecular weight excluding hydrogens is 386 g/mol. The molecule has 150 valence electrons. The number of benzene rings is 2. The zero-order valence-electron chi connectivity index (χ0n) is 16.9. The van der Waals surface area contributed by atoms with Crippen LogP contribution in [0.15, 0.2) is 42.5 Å². The van der Waals surface area contributed by atoms with Crippen LogP contribution in [0.2, 0.25) is 0 Å². The lowest BCUT2D eigenvalue weighted by Crippen LogP contribution is -2.16. The predicted octanol–water partition coefficient (Wildman–Crippen LogP) is 4.28. The molecule has 0 fully saturated rings. The first-order valence-electron chi connectivity index (χ1n) is 9.33. The lowest BCUT2D eigenvalue weighted by Gasteiger charge is -2.20. The van der Waals surface area contributed by atoms with Crippen LogP contribution in [0.4, 0.5) is 5.82 Å². The highest BCUT2D eigenvalue weighted by Gasteiger charge is 2.33. The van der Waals surface area contributed by atoms with Gasteiger partial charge >= 0.3 is 0 Å². The molecule has 0 saturated heterocycles. The lowest BCUT2D eigenvalue weighted by atomic mass is 10.0. The molecular formula is C22H23N3O3S. The number of methoxy groups -OCH3 is 2. The molecule has 1 aliphatic rings. The second-order valence-corrected chi connectivity index (χ2v) is 7.96. The van der Waals surface area contributed by atoms with Crippen molar-refractivity contribution < 1.29 is 14.3 Å². The predicted molar refractivity (Wildman–Crippen MR) is 116 cm³/mol. The van der Waals surface area contributed by atoms with E-state index in [1.54, 1.807) is 26.0 Å². The van der Waals surface area contributed by atoms with Gasteiger partial charge in [0, 0.05) is 11.1 Å². The van der Waals surface area contributed by atoms with Crippen LogP contribution in [0.5, 0.6) is 11.5 Å². The minimum atomic E-state index is -0.119. The molecule has 0 radical (unpaired) electrons. The summed E-state index contributed by atoms with van der Waals surface area (Å²) >= 11 is 1.56. The van der Waals surface area contributed by atoms with Crippen LogP contribution in [0.3, 0.4) is 0 Å². The van der Waals surface area contributed by atoms with Crippen LogP contribution in [0.25, 0.3) is 5.69 Å². The van der Waals surface area contributed by atoms with E-state index in [1.807, 2.05) is 61.0 Å². The van der Waals surface area contributed by atoms with Crippen molar-refractivity contribution in [2.45, 2.75) is 19.1 Å². The van der Waals surface area contributed by atoms with Gasteiger partial charge in [-0.25, -0.2) is 4.68 Å². The van der Waals surface area contributed by atoms with Crippen molar-refractivity contribution in [3.63, 3.8) is 0 Å². The highest BCUT2D eigenvalue weighted by atomic mass is 32.2. The largest absolute Gasteiger partial charge is 0.493 e. The number of hydrogen-bond acceptors (Lipinski definition) is 5. The molecule has 7 heteroatoms. The molecule has 0 saturated carbocycles. The minimum Gasteiger partial charge on any atom is -0.493 e. The zero-order chi connectivity index (χ0) is 20.5. The maximum absolute atomic E-state index is 12.5. The molecule has 1 N–H and O–H groups in total. The van der Waals surface area contributed by atoms with Crippen LogP contribution in [-0.4, -0.2) is 35.7 Å². The van der Waals surface area contributed by atoms with Gasteiger partial charge in [0.25, 0.3) is 0 Å². The van der Waals surface area contributed by atoms with E-state index in [4.69, 9.17) is 14.6 Å². The number of hydrogen-bond donors (Lipinski definition) is 1. The third kappa shape index (κ3) is 3.35. The molecule has 29 heavy (non-hydrogen) atoms. The first-order chi connectivity index (χ1) is 14.0. The minimum absolute atomic E-state index is 0.0460. The van der Waals surface area contributed by atoms with E-state index >= 15 is 0 Å². The first kappa shape index (κ1) is 19.4. The van der Waals surface area contributed by atoms with Gasteiger partial charge in [-0.1, -0.05) is 30.3 Å². The first-order valence-corrected chi connectivity index (χ1v) is 10.4. The Hall–Kier alpha value is -2.93. The summed E-state index contributed by atoms with van der Waals surface area (Å²) in [4.78, 5) is 12.5. The van der Waals surface area contributed by atoms with Crippen LogP contribution in [-0.2, 0) is 4.79 Å². The molecule has 1 atom stereocenters. The van der Waals surface area contributed by atoms with E-state index < -0.39 is 0 Å². The Kier molecular flexibility index (Phi) is 5.24. The number of amides is 1. The second kappa shape index (κ2) is 7.83. The van der Waals surface area contributed by atoms with Crippen molar-refractivity contribution in [2.75, 3.05) is 25.3 Å². The summed E-state index contributed by atoms with van der Waals surface area (Å²) in [5.41, 5.74) is 4.84. The zero-order valence-corrected chi connectivity index (χ0v) is 17.7. The number of nitrogens with one attached hydrogen (secondary N) is 1. The van der Waals surface area contributed by atoms with Gasteiger partial charge in [-0.05, 0) is 31.5 Å². The summed E-state index contributed by atoms with van der Waals surface area (Å²) in [6.45, 7) is 4.01. The van der Waals surface area contributed by atoms with Crippen LogP contribution in [0.1, 0.15) is 27.6 Å². The molecule has 0 spiro atoms. The van der Waals surface area contributed by atoms with E-state index in [0.29, 0.717) is 23.1 Å². The molecule has 1 aliphatic heterocycles. The third-order valence-electron chi connectivity index (χ3n) is 5.07. The van der Waals surface area contributed by atoms with Crippen LogP contribution in [0, 0.1) is 13.8 Å². The number of carbonyl (C=O) groups excluding carboxylic acids is 1. The fourth-order valence-electron chi connectivity index (χ4n) is 3.72. The molecule has 6 nitrogen and oxygen atoms in total. The topological polar surface area (TPSA) is 65.4 Å². The Labute approximate surface area is 174 Å². The summed E-state index contributed by atoms with van der Waals surface area (Å²) in [7, 11) is 3.26. The number of ether oxygens (including phenoxy) is 2. The Bertz CT molecular complexity index is 1080. The molecule has 2 heterocycles. The second-order valence-electron chi connectivity index (χ2n) is 6.87. The van der Waals surface area contributed by atoms with Gasteiger partial charge in [0.2, 0.25) is 5.91 Å². The van der Waals surface area contributed by atoms with Crippen molar-refractivity contribution in [1.82, 2.24) is 9.78 Å². The average Bonchev–Trinajstić information content (AvgIpc) is 2.92. The number of thioether (sulfide) groups is 1. The van der Waals surface area contributed by atoms with Crippen molar-refractivity contribution in [2.24, 2.45) is 0 Å². The Balaban J connectivity index is 1.94. The number of para-hydroxylation sites is 2. The van der Waals surface area contributed by atoms with Crippen molar-refractivity contribution in [3.05, 3.63) is 64.8 Å². The SMILES string of the molecule is COc1cccc([C@H]2SCC(=O)Nc3c2c(C)nn3-c2ccccc2C)c1OC. The quantitative estimate of drug-likeness (QED) is 0.697. The Morgan fingerprint density at radius 2 is 1.90 bits per heavy atom. The van der Waals surface area contributed by atoms with Gasteiger partial charge < -0.3 is 14.8 Å². The molecule has 1 aromatic heterocycles. The lowest BCUT2D eigenvalue weighted by molar-refractivity contribution is -0.113. The summed E-state index contributed by atoms with van der Waals surface area (Å²) < 4.78 is 13.0. The molecule has 4 rings (SSSR count). The van der Waals surface area contributed by atoms with Crippen LogP contribution < -0.4 is 14.8 Å². The van der Waals surface area contributed by atoms with E-state index in [-0.39, 0.29) is 11.2 Å². The number of fused-ring (bicyclic) bond motifs is 1. The third-order valence-corrected chi connectivity index (χ3v) is 6.32. The molecule has 0 bridgehead atoms. The van der Waals surface area contributed by atoms with Gasteiger partial charge in [0.05, 0.1) is 36.6 Å². The summed E-state index contributed by atoms with van der Waals surface area (Å²) in [5.74, 6) is 2.35. The maximum Gasteiger partial charge on any atom is 0.235 e. The number of nitrogens with zero attached hydrogens (tertiary/aromatic N) is 2. The summed E-state index contributed by atoms with van der Waals surface area (Å²) in [5, 5.41) is 7.74. The molecule has 3 aromatic rings. The Morgan fingerprint density at radius 3 is 2.62 bits per heavy atom. The van der Waals surface area contributed by atoms with E-state index in [0.717, 1.165) is 28.1 Å². The number of anilines is 1. The highest BCUT2D eigenvalue weighted by Crippen LogP contribution is 2.48. The van der Waals surface area contributed by atoms with E-state index in [1.165, 1.54) is 0 Å². The van der Waals surface area contributed by atoms with Crippen molar-refractivity contribution in [1.29, 1.82) is 0 Å². The van der Waals surface area contributed by atoms with Gasteiger partial charge in [-0.2, -0.15) is 5.10 Å². The fourth-order valence-corrected chi connectivity index (χ4v) is 4.93. The maximum atomic E-state index is 12.5. The smallest absolute Gasteiger partial charge is 0.235 e. The van der Waals surface area contributed by atoms with E-state index in [9.17, 15) is 4.79 Å². The van der Waals surface area contributed by atoms with Gasteiger partial charge in [-0.15, -0.1) is 11.8 Å². The van der Waals surface area contributed by atoms with Gasteiger partial charge in [-0.3, -0.25) is 4.79 Å². The Morgan fingerprint density at radius 1 is 1.10 bits per heavy atom. The summed E-state index contributed by atoms with van der Waals surface area (Å²) in [6, 6.07) is 13.8. The van der Waals surface area contributed by atoms with Gasteiger partial charge in [0.15, 0.2) is 11.5 Å². The number of carbonyl (C=O) groups is 1. The van der Waals surface area contributed by atoms with Crippen LogP contribution >= 0.6 is 11.8 Å². The standard InChI is InChI=1S/C22H23N3O3S/c1-13-8-5-6-10-16(13)25-22-19(14(2)24-25)21(29-12-18(26)23-22)15-9-7-11-17(27-3)20(15)28-4/h5-11,21H,12H2,1-4H3,(H,23,26)/t21-/m1/s1. The normalized spacial score (nSPS) is 16.0. The molecule has 2 aromatic carbocycles. The monoisotopic (exact) mass is 409 g/mol. The van der Waals surface area contributed by atoms with Crippen molar-refractivity contribution in [3.8, 4) is 17.2 Å². The number of aromatic nitrogens is 2. The van der Waals surface area contributed by atoms with Crippen molar-refractivity contribution >= 4 is 23.5 Å².